The number of ether oxygens (including phenoxy) is 2. The molecule has 1 N–H and O–H groups in total. The van der Waals surface area contributed by atoms with Gasteiger partial charge >= 0.3 is 0 Å². The maximum absolute atomic E-state index is 11.0. The third-order valence-corrected chi connectivity index (χ3v) is 6.02. The van der Waals surface area contributed by atoms with Gasteiger partial charge < -0.3 is 14.6 Å². The van der Waals surface area contributed by atoms with Crippen molar-refractivity contribution >= 4 is 0 Å². The van der Waals surface area contributed by atoms with Crippen LogP contribution in [0, 0.1) is 16.2 Å². The summed E-state index contributed by atoms with van der Waals surface area (Å²) in [5.74, 6) is 0. The van der Waals surface area contributed by atoms with Crippen LogP contribution in [0.15, 0.2) is 12.2 Å². The van der Waals surface area contributed by atoms with Gasteiger partial charge in [0, 0.05) is 17.9 Å². The highest BCUT2D eigenvalue weighted by molar-refractivity contribution is 5.33. The van der Waals surface area contributed by atoms with Crippen LogP contribution >= 0.6 is 0 Å². The molecule has 0 radical (unpaired) electrons. The minimum atomic E-state index is -0.483. The Hall–Kier alpha value is -0.380. The molecule has 108 valence electrons. The number of hydrogen-bond donors (Lipinski definition) is 1. The zero-order valence-electron chi connectivity index (χ0n) is 12.5. The third kappa shape index (κ3) is 1.55. The predicted molar refractivity (Wildman–Crippen MR) is 73.6 cm³/mol. The molecular formula is C16H26O3. The van der Waals surface area contributed by atoms with Gasteiger partial charge in [0.15, 0.2) is 0 Å². The van der Waals surface area contributed by atoms with Crippen molar-refractivity contribution in [3.8, 4) is 0 Å². The number of hydrogen-bond acceptors (Lipinski definition) is 3. The lowest BCUT2D eigenvalue weighted by molar-refractivity contribution is -0.217. The van der Waals surface area contributed by atoms with Crippen molar-refractivity contribution in [2.45, 2.75) is 58.2 Å². The van der Waals surface area contributed by atoms with E-state index >= 15 is 0 Å². The summed E-state index contributed by atoms with van der Waals surface area (Å²) in [6.45, 7) is 7.08. The molecule has 19 heavy (non-hydrogen) atoms. The monoisotopic (exact) mass is 266 g/mol. The summed E-state index contributed by atoms with van der Waals surface area (Å²) in [6.07, 6.45) is 8.37. The summed E-state index contributed by atoms with van der Waals surface area (Å²) in [5.41, 5.74) is -0.463. The molecule has 0 saturated heterocycles. The Labute approximate surface area is 116 Å². The second kappa shape index (κ2) is 3.84. The molecular weight excluding hydrogens is 240 g/mol. The normalized spacial score (nSPS) is 50.5. The second-order valence-corrected chi connectivity index (χ2v) is 7.71. The first-order chi connectivity index (χ1) is 8.81. The van der Waals surface area contributed by atoms with Gasteiger partial charge in [0.2, 0.25) is 0 Å². The predicted octanol–water partition coefficient (Wildman–Crippen LogP) is 2.88. The molecule has 4 atom stereocenters. The van der Waals surface area contributed by atoms with Crippen LogP contribution in [0.2, 0.25) is 0 Å². The van der Waals surface area contributed by atoms with Crippen molar-refractivity contribution in [2.75, 3.05) is 13.9 Å². The van der Waals surface area contributed by atoms with E-state index in [9.17, 15) is 5.11 Å². The van der Waals surface area contributed by atoms with Gasteiger partial charge in [0.1, 0.15) is 6.79 Å². The van der Waals surface area contributed by atoms with Crippen LogP contribution in [0.1, 0.15) is 46.5 Å². The molecule has 3 rings (SSSR count). The van der Waals surface area contributed by atoms with Crippen molar-refractivity contribution in [2.24, 2.45) is 16.2 Å². The van der Waals surface area contributed by atoms with Crippen LogP contribution in [0.5, 0.6) is 0 Å². The Morgan fingerprint density at radius 2 is 1.84 bits per heavy atom. The Morgan fingerprint density at radius 3 is 2.53 bits per heavy atom. The summed E-state index contributed by atoms with van der Waals surface area (Å²) in [6, 6.07) is 0. The Morgan fingerprint density at radius 1 is 1.16 bits per heavy atom. The van der Waals surface area contributed by atoms with E-state index in [4.69, 9.17) is 9.47 Å². The molecule has 0 aromatic rings. The minimum Gasteiger partial charge on any atom is -0.389 e. The zero-order chi connectivity index (χ0) is 13.9. The molecule has 2 fully saturated rings. The highest BCUT2D eigenvalue weighted by Gasteiger charge is 2.80. The van der Waals surface area contributed by atoms with Crippen LogP contribution < -0.4 is 0 Å². The molecule has 2 saturated carbocycles. The molecule has 0 aliphatic heterocycles. The lowest BCUT2D eigenvalue weighted by atomic mass is 9.52. The van der Waals surface area contributed by atoms with Gasteiger partial charge in [-0.15, -0.1) is 0 Å². The number of aliphatic hydroxyl groups is 1. The molecule has 3 aliphatic carbocycles. The lowest BCUT2D eigenvalue weighted by Crippen LogP contribution is -2.58. The molecule has 0 unspecified atom stereocenters. The molecule has 0 bridgehead atoms. The lowest BCUT2D eigenvalue weighted by Gasteiger charge is -2.57. The van der Waals surface area contributed by atoms with E-state index in [1.54, 1.807) is 7.11 Å². The average molecular weight is 266 g/mol. The molecule has 0 heterocycles. The molecule has 0 aromatic heterocycles. The Balaban J connectivity index is 2.00. The van der Waals surface area contributed by atoms with E-state index in [0.29, 0.717) is 6.79 Å². The third-order valence-electron chi connectivity index (χ3n) is 6.02. The first-order valence-corrected chi connectivity index (χ1v) is 7.29. The standard InChI is InChI=1S/C16H26O3/c1-13(2)9-16(17)10-15(16)8-6-5-7-14(15,3)12(13)19-11-18-4/h5-6,12,17H,7-11H2,1-4H3/t12-,14-,15+,16+/m0/s1. The van der Waals surface area contributed by atoms with Gasteiger partial charge in [-0.1, -0.05) is 32.9 Å². The van der Waals surface area contributed by atoms with Crippen molar-refractivity contribution in [3.63, 3.8) is 0 Å². The van der Waals surface area contributed by atoms with E-state index in [2.05, 4.69) is 32.9 Å². The van der Waals surface area contributed by atoms with E-state index in [1.165, 1.54) is 0 Å². The van der Waals surface area contributed by atoms with Crippen molar-refractivity contribution in [1.29, 1.82) is 0 Å². The Bertz CT molecular complexity index is 416. The van der Waals surface area contributed by atoms with Gasteiger partial charge in [0.05, 0.1) is 11.7 Å². The maximum Gasteiger partial charge on any atom is 0.146 e. The van der Waals surface area contributed by atoms with Gasteiger partial charge in [-0.3, -0.25) is 0 Å². The highest BCUT2D eigenvalue weighted by Crippen LogP contribution is 2.78. The smallest absolute Gasteiger partial charge is 0.146 e. The largest absolute Gasteiger partial charge is 0.389 e. The second-order valence-electron chi connectivity index (χ2n) is 7.71. The number of rotatable bonds is 3. The van der Waals surface area contributed by atoms with E-state index in [0.717, 1.165) is 25.7 Å². The first kappa shape index (κ1) is 13.6. The quantitative estimate of drug-likeness (QED) is 0.630. The van der Waals surface area contributed by atoms with E-state index in [1.807, 2.05) is 0 Å². The minimum absolute atomic E-state index is 0.0107. The summed E-state index contributed by atoms with van der Waals surface area (Å²) < 4.78 is 11.2. The van der Waals surface area contributed by atoms with Crippen LogP contribution in [-0.2, 0) is 9.47 Å². The fourth-order valence-electron chi connectivity index (χ4n) is 5.34. The number of allylic oxidation sites excluding steroid dienone is 2. The SMILES string of the molecule is COCO[C@H]1C(C)(C)C[C@@]2(O)C[C@@]23CC=CC[C@@]13C. The first-order valence-electron chi connectivity index (χ1n) is 7.29. The van der Waals surface area contributed by atoms with E-state index < -0.39 is 5.60 Å². The molecule has 1 spiro atoms. The molecule has 3 nitrogen and oxygen atoms in total. The summed E-state index contributed by atoms with van der Waals surface area (Å²) in [7, 11) is 1.67. The van der Waals surface area contributed by atoms with Crippen molar-refractivity contribution < 1.29 is 14.6 Å². The summed E-state index contributed by atoms with van der Waals surface area (Å²) in [4.78, 5) is 0. The molecule has 0 aromatic carbocycles. The Kier molecular flexibility index (Phi) is 2.74. The van der Waals surface area contributed by atoms with Gasteiger partial charge in [-0.05, 0) is 31.1 Å². The van der Waals surface area contributed by atoms with Gasteiger partial charge in [0.25, 0.3) is 0 Å². The fourth-order valence-corrected chi connectivity index (χ4v) is 5.34. The summed E-state index contributed by atoms with van der Waals surface area (Å²) in [5, 5.41) is 11.0. The molecule has 3 heteroatoms. The topological polar surface area (TPSA) is 38.7 Å². The van der Waals surface area contributed by atoms with E-state index in [-0.39, 0.29) is 22.3 Å². The maximum atomic E-state index is 11.0. The van der Waals surface area contributed by atoms with Gasteiger partial charge in [-0.25, -0.2) is 0 Å². The van der Waals surface area contributed by atoms with Gasteiger partial charge in [-0.2, -0.15) is 0 Å². The van der Waals surface area contributed by atoms with Crippen LogP contribution in [0.3, 0.4) is 0 Å². The summed E-state index contributed by atoms with van der Waals surface area (Å²) >= 11 is 0. The highest BCUT2D eigenvalue weighted by atomic mass is 16.7. The van der Waals surface area contributed by atoms with Crippen molar-refractivity contribution in [3.05, 3.63) is 12.2 Å². The van der Waals surface area contributed by atoms with Crippen LogP contribution in [-0.4, -0.2) is 30.7 Å². The fraction of sp³-hybridized carbons (Fsp3) is 0.875. The average Bonchev–Trinajstić information content (AvgIpc) is 2.88. The van der Waals surface area contributed by atoms with Crippen molar-refractivity contribution in [1.82, 2.24) is 0 Å². The number of methoxy groups -OCH3 is 1. The van der Waals surface area contributed by atoms with Crippen LogP contribution in [0.25, 0.3) is 0 Å². The van der Waals surface area contributed by atoms with Crippen LogP contribution in [0.4, 0.5) is 0 Å². The molecule has 0 amide bonds. The molecule has 3 aliphatic rings. The zero-order valence-corrected chi connectivity index (χ0v) is 12.5.